The lowest BCUT2D eigenvalue weighted by molar-refractivity contribution is 0.404. The van der Waals surface area contributed by atoms with Gasteiger partial charge in [0.2, 0.25) is 0 Å². The van der Waals surface area contributed by atoms with E-state index in [4.69, 9.17) is 15.2 Å². The first kappa shape index (κ1) is 13.2. The summed E-state index contributed by atoms with van der Waals surface area (Å²) in [5.41, 5.74) is 6.99. The summed E-state index contributed by atoms with van der Waals surface area (Å²) in [5.74, 6) is 1.16. The van der Waals surface area contributed by atoms with Crippen LogP contribution in [0, 0.1) is 5.82 Å². The zero-order valence-corrected chi connectivity index (χ0v) is 11.5. The number of aromatic nitrogens is 3. The highest BCUT2D eigenvalue weighted by Crippen LogP contribution is 2.33. The van der Waals surface area contributed by atoms with Crippen LogP contribution in [0.15, 0.2) is 30.5 Å². The molecule has 0 spiro atoms. The van der Waals surface area contributed by atoms with Crippen molar-refractivity contribution in [2.75, 3.05) is 20.0 Å². The molecular formula is C14H13FN4O2. The van der Waals surface area contributed by atoms with Gasteiger partial charge >= 0.3 is 0 Å². The molecule has 2 N–H and O–H groups in total. The quantitative estimate of drug-likeness (QED) is 0.799. The number of nitrogens with two attached hydrogens (primary N) is 1. The largest absolute Gasteiger partial charge is 0.497 e. The van der Waals surface area contributed by atoms with Crippen molar-refractivity contribution in [2.45, 2.75) is 0 Å². The second-order valence-corrected chi connectivity index (χ2v) is 4.40. The molecule has 1 aromatic carbocycles. The van der Waals surface area contributed by atoms with Gasteiger partial charge in [0.25, 0.3) is 0 Å². The highest BCUT2D eigenvalue weighted by Gasteiger charge is 2.16. The number of hydrogen-bond acceptors (Lipinski definition) is 5. The van der Waals surface area contributed by atoms with Crippen LogP contribution >= 0.6 is 0 Å². The minimum atomic E-state index is -0.470. The van der Waals surface area contributed by atoms with Crippen LogP contribution in [-0.4, -0.2) is 28.8 Å². The molecule has 2 aromatic heterocycles. The normalized spacial score (nSPS) is 10.8. The van der Waals surface area contributed by atoms with Gasteiger partial charge in [-0.3, -0.25) is 4.40 Å². The molecule has 0 aliphatic rings. The number of rotatable bonds is 3. The molecule has 0 atom stereocenters. The van der Waals surface area contributed by atoms with Crippen molar-refractivity contribution in [3.63, 3.8) is 0 Å². The molecule has 3 rings (SSSR count). The Kier molecular flexibility index (Phi) is 3.09. The minimum absolute atomic E-state index is 0.218. The lowest BCUT2D eigenvalue weighted by atomic mass is 10.1. The van der Waals surface area contributed by atoms with Crippen molar-refractivity contribution < 1.29 is 13.9 Å². The maximum absolute atomic E-state index is 13.6. The predicted octanol–water partition coefficient (Wildman–Crippen LogP) is 2.13. The summed E-state index contributed by atoms with van der Waals surface area (Å²) in [6.45, 7) is 0. The van der Waals surface area contributed by atoms with E-state index in [1.807, 2.05) is 0 Å². The van der Waals surface area contributed by atoms with Gasteiger partial charge in [-0.05, 0) is 18.2 Å². The molecule has 0 amide bonds. The van der Waals surface area contributed by atoms with Crippen LogP contribution in [0.4, 0.5) is 10.1 Å². The molecule has 21 heavy (non-hydrogen) atoms. The van der Waals surface area contributed by atoms with Crippen LogP contribution in [0.5, 0.6) is 11.5 Å². The average molecular weight is 288 g/mol. The Morgan fingerprint density at radius 2 is 1.95 bits per heavy atom. The number of halogens is 1. The molecule has 3 aromatic rings. The van der Waals surface area contributed by atoms with E-state index >= 15 is 0 Å². The first-order chi connectivity index (χ1) is 10.1. The van der Waals surface area contributed by atoms with Crippen LogP contribution in [0.1, 0.15) is 0 Å². The van der Waals surface area contributed by atoms with E-state index in [1.54, 1.807) is 32.4 Å². The molecule has 0 fully saturated rings. The summed E-state index contributed by atoms with van der Waals surface area (Å²) in [6, 6.07) is 6.46. The molecule has 0 radical (unpaired) electrons. The molecule has 7 heteroatoms. The third-order valence-electron chi connectivity index (χ3n) is 3.15. The van der Waals surface area contributed by atoms with Crippen LogP contribution in [-0.2, 0) is 0 Å². The van der Waals surface area contributed by atoms with Crippen molar-refractivity contribution in [2.24, 2.45) is 0 Å². The van der Waals surface area contributed by atoms with E-state index in [0.29, 0.717) is 28.5 Å². The maximum atomic E-state index is 13.6. The van der Waals surface area contributed by atoms with Crippen molar-refractivity contribution in [3.8, 4) is 22.9 Å². The van der Waals surface area contributed by atoms with Gasteiger partial charge < -0.3 is 15.2 Å². The van der Waals surface area contributed by atoms with Crippen LogP contribution in [0.2, 0.25) is 0 Å². The molecule has 0 saturated carbocycles. The lowest BCUT2D eigenvalue weighted by Crippen LogP contribution is -1.98. The molecule has 0 bridgehead atoms. The van der Waals surface area contributed by atoms with Crippen molar-refractivity contribution in [1.82, 2.24) is 14.6 Å². The lowest BCUT2D eigenvalue weighted by Gasteiger charge is -2.09. The third kappa shape index (κ3) is 2.12. The van der Waals surface area contributed by atoms with Gasteiger partial charge in [-0.25, -0.2) is 4.39 Å². The fourth-order valence-electron chi connectivity index (χ4n) is 2.16. The number of pyridine rings is 1. The number of ether oxygens (including phenoxy) is 2. The number of anilines is 1. The Morgan fingerprint density at radius 3 is 2.67 bits per heavy atom. The standard InChI is InChI=1S/C14H13FN4O2/c1-20-9-3-4-12(21-2)10(6-9)13-17-18-14-11(16)5-8(15)7-19(13)14/h3-7H,16H2,1-2H3. The summed E-state index contributed by atoms with van der Waals surface area (Å²) < 4.78 is 25.6. The van der Waals surface area contributed by atoms with E-state index in [-0.39, 0.29) is 5.69 Å². The molecule has 0 aliphatic carbocycles. The number of nitrogen functional groups attached to an aromatic ring is 1. The molecule has 0 unspecified atom stereocenters. The van der Waals surface area contributed by atoms with Gasteiger partial charge in [0.1, 0.15) is 17.3 Å². The number of hydrogen-bond donors (Lipinski definition) is 1. The fourth-order valence-corrected chi connectivity index (χ4v) is 2.16. The van der Waals surface area contributed by atoms with E-state index in [0.717, 1.165) is 0 Å². The van der Waals surface area contributed by atoms with Crippen LogP contribution < -0.4 is 15.2 Å². The molecule has 6 nitrogen and oxygen atoms in total. The predicted molar refractivity (Wildman–Crippen MR) is 75.9 cm³/mol. The topological polar surface area (TPSA) is 74.7 Å². The molecule has 108 valence electrons. The summed E-state index contributed by atoms with van der Waals surface area (Å²) in [4.78, 5) is 0. The molecular weight excluding hydrogens is 275 g/mol. The SMILES string of the molecule is COc1ccc(OC)c(-c2nnc3c(N)cc(F)cn23)c1. The highest BCUT2D eigenvalue weighted by molar-refractivity contribution is 5.72. The zero-order valence-electron chi connectivity index (χ0n) is 11.5. The first-order valence-corrected chi connectivity index (χ1v) is 6.16. The Balaban J connectivity index is 2.30. The van der Waals surface area contributed by atoms with Crippen molar-refractivity contribution in [1.29, 1.82) is 0 Å². The second-order valence-electron chi connectivity index (χ2n) is 4.40. The number of benzene rings is 1. The van der Waals surface area contributed by atoms with Gasteiger partial charge in [-0.15, -0.1) is 10.2 Å². The number of fused-ring (bicyclic) bond motifs is 1. The number of methoxy groups -OCH3 is 2. The summed E-state index contributed by atoms with van der Waals surface area (Å²) in [7, 11) is 3.11. The Bertz CT molecular complexity index is 816. The summed E-state index contributed by atoms with van der Waals surface area (Å²) >= 11 is 0. The van der Waals surface area contributed by atoms with Gasteiger partial charge in [0, 0.05) is 12.3 Å². The van der Waals surface area contributed by atoms with Gasteiger partial charge in [-0.1, -0.05) is 0 Å². The van der Waals surface area contributed by atoms with Crippen molar-refractivity contribution >= 4 is 11.3 Å². The van der Waals surface area contributed by atoms with E-state index in [2.05, 4.69) is 10.2 Å². The van der Waals surface area contributed by atoms with Gasteiger partial charge in [-0.2, -0.15) is 0 Å². The van der Waals surface area contributed by atoms with E-state index < -0.39 is 5.82 Å². The summed E-state index contributed by atoms with van der Waals surface area (Å²) in [5, 5.41) is 8.07. The van der Waals surface area contributed by atoms with E-state index in [1.165, 1.54) is 16.7 Å². The van der Waals surface area contributed by atoms with Crippen molar-refractivity contribution in [3.05, 3.63) is 36.3 Å². The first-order valence-electron chi connectivity index (χ1n) is 6.16. The Morgan fingerprint density at radius 1 is 1.14 bits per heavy atom. The zero-order chi connectivity index (χ0) is 15.0. The molecule has 2 heterocycles. The molecule has 0 saturated heterocycles. The molecule has 0 aliphatic heterocycles. The number of nitrogens with zero attached hydrogens (tertiary/aromatic N) is 3. The average Bonchev–Trinajstić information content (AvgIpc) is 2.90. The smallest absolute Gasteiger partial charge is 0.184 e. The third-order valence-corrected chi connectivity index (χ3v) is 3.15. The van der Waals surface area contributed by atoms with Gasteiger partial charge in [0.15, 0.2) is 11.5 Å². The Hall–Kier alpha value is -2.83. The van der Waals surface area contributed by atoms with Crippen LogP contribution in [0.3, 0.4) is 0 Å². The van der Waals surface area contributed by atoms with Crippen LogP contribution in [0.25, 0.3) is 17.0 Å². The van der Waals surface area contributed by atoms with Gasteiger partial charge in [0.05, 0.1) is 25.5 Å². The van der Waals surface area contributed by atoms with E-state index in [9.17, 15) is 4.39 Å². The summed E-state index contributed by atoms with van der Waals surface area (Å²) in [6.07, 6.45) is 1.28. The fraction of sp³-hybridized carbons (Fsp3) is 0.143. The minimum Gasteiger partial charge on any atom is -0.497 e. The monoisotopic (exact) mass is 288 g/mol. The Labute approximate surface area is 119 Å². The highest BCUT2D eigenvalue weighted by atomic mass is 19.1. The second kappa shape index (κ2) is 4.93. The maximum Gasteiger partial charge on any atom is 0.184 e.